The van der Waals surface area contributed by atoms with Crippen LogP contribution in [0.2, 0.25) is 0 Å². The van der Waals surface area contributed by atoms with Gasteiger partial charge in [0, 0.05) is 6.42 Å². The minimum Gasteiger partial charge on any atom is -0.506 e. The van der Waals surface area contributed by atoms with Crippen LogP contribution in [0.1, 0.15) is 26.7 Å². The van der Waals surface area contributed by atoms with Crippen LogP contribution in [0.3, 0.4) is 0 Å². The fourth-order valence-electron chi connectivity index (χ4n) is 2.45. The van der Waals surface area contributed by atoms with E-state index in [9.17, 15) is 18.3 Å². The Balaban J connectivity index is 1.89. The lowest BCUT2D eigenvalue weighted by molar-refractivity contribution is -0.116. The highest BCUT2D eigenvalue weighted by Crippen LogP contribution is 2.28. The van der Waals surface area contributed by atoms with Crippen LogP contribution < -0.4 is 14.8 Å². The predicted molar refractivity (Wildman–Crippen MR) is 107 cm³/mol. The molecule has 2 N–H and O–H groups in total. The SMILES string of the molecule is CCOc1ccccc1OCCCC(=O)Nc1cc(S(=O)(=O)CC)ccc1O. The maximum Gasteiger partial charge on any atom is 0.224 e. The Morgan fingerprint density at radius 1 is 1.07 bits per heavy atom. The third-order valence-corrected chi connectivity index (χ3v) is 5.67. The van der Waals surface area contributed by atoms with Crippen molar-refractivity contribution in [2.75, 3.05) is 24.3 Å². The van der Waals surface area contributed by atoms with E-state index in [0.717, 1.165) is 0 Å². The zero-order valence-corrected chi connectivity index (χ0v) is 16.8. The van der Waals surface area contributed by atoms with Crippen LogP contribution in [0.4, 0.5) is 5.69 Å². The number of nitrogens with one attached hydrogen (secondary N) is 1. The van der Waals surface area contributed by atoms with Crippen LogP contribution >= 0.6 is 0 Å². The first-order valence-corrected chi connectivity index (χ1v) is 10.7. The molecule has 0 heterocycles. The van der Waals surface area contributed by atoms with Crippen molar-refractivity contribution in [3.8, 4) is 17.2 Å². The van der Waals surface area contributed by atoms with Crippen molar-refractivity contribution in [2.45, 2.75) is 31.6 Å². The van der Waals surface area contributed by atoms with Gasteiger partial charge in [-0.25, -0.2) is 8.42 Å². The van der Waals surface area contributed by atoms with Crippen molar-refractivity contribution in [2.24, 2.45) is 0 Å². The normalized spacial score (nSPS) is 11.1. The van der Waals surface area contributed by atoms with Gasteiger partial charge in [-0.1, -0.05) is 19.1 Å². The molecule has 0 atom stereocenters. The highest BCUT2D eigenvalue weighted by Gasteiger charge is 2.15. The fourth-order valence-corrected chi connectivity index (χ4v) is 3.35. The van der Waals surface area contributed by atoms with Gasteiger partial charge in [0.2, 0.25) is 5.91 Å². The van der Waals surface area contributed by atoms with Crippen LogP contribution in [-0.2, 0) is 14.6 Å². The minimum atomic E-state index is -3.43. The molecule has 0 spiro atoms. The van der Waals surface area contributed by atoms with Crippen molar-refractivity contribution in [1.29, 1.82) is 0 Å². The fraction of sp³-hybridized carbons (Fsp3) is 0.350. The summed E-state index contributed by atoms with van der Waals surface area (Å²) in [6, 6.07) is 11.1. The summed E-state index contributed by atoms with van der Waals surface area (Å²) in [5, 5.41) is 12.4. The molecular formula is C20H25NO6S. The van der Waals surface area contributed by atoms with Gasteiger partial charge in [0.15, 0.2) is 21.3 Å². The molecule has 0 fully saturated rings. The molecule has 0 aliphatic rings. The summed E-state index contributed by atoms with van der Waals surface area (Å²) in [5.74, 6) is 0.660. The van der Waals surface area contributed by atoms with Crippen molar-refractivity contribution >= 4 is 21.4 Å². The van der Waals surface area contributed by atoms with Crippen LogP contribution in [-0.4, -0.2) is 38.4 Å². The number of para-hydroxylation sites is 2. The number of carbonyl (C=O) groups is 1. The summed E-state index contributed by atoms with van der Waals surface area (Å²) < 4.78 is 35.0. The Morgan fingerprint density at radius 3 is 2.39 bits per heavy atom. The highest BCUT2D eigenvalue weighted by atomic mass is 32.2. The predicted octanol–water partition coefficient (Wildman–Crippen LogP) is 3.38. The topological polar surface area (TPSA) is 102 Å². The first-order chi connectivity index (χ1) is 13.4. The van der Waals surface area contributed by atoms with E-state index in [4.69, 9.17) is 9.47 Å². The number of sulfone groups is 1. The van der Waals surface area contributed by atoms with Gasteiger partial charge in [-0.2, -0.15) is 0 Å². The number of benzene rings is 2. The summed E-state index contributed by atoms with van der Waals surface area (Å²) >= 11 is 0. The number of anilines is 1. The maximum absolute atomic E-state index is 12.1. The van der Waals surface area contributed by atoms with Crippen LogP contribution in [0.15, 0.2) is 47.4 Å². The van der Waals surface area contributed by atoms with E-state index in [1.54, 1.807) is 6.07 Å². The number of hydrogen-bond acceptors (Lipinski definition) is 6. The quantitative estimate of drug-likeness (QED) is 0.462. The van der Waals surface area contributed by atoms with E-state index in [1.165, 1.54) is 25.1 Å². The van der Waals surface area contributed by atoms with Gasteiger partial charge in [-0.05, 0) is 43.7 Å². The Hall–Kier alpha value is -2.74. The molecule has 0 aromatic heterocycles. The average molecular weight is 407 g/mol. The molecule has 0 aliphatic carbocycles. The zero-order valence-electron chi connectivity index (χ0n) is 16.0. The molecule has 0 radical (unpaired) electrons. The summed E-state index contributed by atoms with van der Waals surface area (Å²) in [7, 11) is -3.43. The monoisotopic (exact) mass is 407 g/mol. The molecular weight excluding hydrogens is 382 g/mol. The van der Waals surface area contributed by atoms with Gasteiger partial charge < -0.3 is 19.9 Å². The lowest BCUT2D eigenvalue weighted by Crippen LogP contribution is -2.14. The molecule has 0 bridgehead atoms. The van der Waals surface area contributed by atoms with Gasteiger partial charge in [0.1, 0.15) is 5.75 Å². The lowest BCUT2D eigenvalue weighted by Gasteiger charge is -2.12. The molecule has 7 nitrogen and oxygen atoms in total. The van der Waals surface area contributed by atoms with E-state index < -0.39 is 9.84 Å². The van der Waals surface area contributed by atoms with Crippen molar-refractivity contribution in [1.82, 2.24) is 0 Å². The third kappa shape index (κ3) is 5.88. The van der Waals surface area contributed by atoms with Gasteiger partial charge in [-0.3, -0.25) is 4.79 Å². The van der Waals surface area contributed by atoms with E-state index >= 15 is 0 Å². The Morgan fingerprint density at radius 2 is 1.75 bits per heavy atom. The minimum absolute atomic E-state index is 0.0546. The number of hydrogen-bond donors (Lipinski definition) is 2. The summed E-state index contributed by atoms with van der Waals surface area (Å²) in [5.41, 5.74) is 0.0714. The zero-order chi connectivity index (χ0) is 20.6. The second-order valence-electron chi connectivity index (χ2n) is 5.96. The maximum atomic E-state index is 12.1. The van der Waals surface area contributed by atoms with E-state index in [1.807, 2.05) is 25.1 Å². The summed E-state index contributed by atoms with van der Waals surface area (Å²) in [4.78, 5) is 12.2. The molecule has 2 aromatic carbocycles. The highest BCUT2D eigenvalue weighted by molar-refractivity contribution is 7.91. The van der Waals surface area contributed by atoms with E-state index in [2.05, 4.69) is 5.32 Å². The number of carbonyl (C=O) groups excluding carboxylic acids is 1. The Labute approximate surface area is 165 Å². The molecule has 2 aromatic rings. The molecule has 2 rings (SSSR count). The summed E-state index contributed by atoms with van der Waals surface area (Å²) in [6.07, 6.45) is 0.598. The lowest BCUT2D eigenvalue weighted by atomic mass is 10.2. The molecule has 152 valence electrons. The Bertz CT molecular complexity index is 911. The number of aromatic hydroxyl groups is 1. The van der Waals surface area contributed by atoms with Gasteiger partial charge in [0.05, 0.1) is 29.5 Å². The largest absolute Gasteiger partial charge is 0.506 e. The molecule has 1 amide bonds. The standard InChI is InChI=1S/C20H25NO6S/c1-3-26-18-8-5-6-9-19(18)27-13-7-10-20(23)21-16-14-15(11-12-17(16)22)28(24,25)4-2/h5-6,8-9,11-12,14,22H,3-4,7,10,13H2,1-2H3,(H,21,23). The van der Waals surface area contributed by atoms with Gasteiger partial charge >= 0.3 is 0 Å². The Kier molecular flexibility index (Phi) is 7.69. The molecule has 0 saturated carbocycles. The van der Waals surface area contributed by atoms with Crippen LogP contribution in [0.5, 0.6) is 17.2 Å². The van der Waals surface area contributed by atoms with Crippen molar-refractivity contribution in [3.05, 3.63) is 42.5 Å². The van der Waals surface area contributed by atoms with E-state index in [-0.39, 0.29) is 34.4 Å². The first-order valence-electron chi connectivity index (χ1n) is 9.07. The number of ether oxygens (including phenoxy) is 2. The molecule has 0 saturated heterocycles. The molecule has 28 heavy (non-hydrogen) atoms. The number of rotatable bonds is 10. The number of phenols is 1. The van der Waals surface area contributed by atoms with Crippen LogP contribution in [0, 0.1) is 0 Å². The third-order valence-electron chi connectivity index (χ3n) is 3.94. The smallest absolute Gasteiger partial charge is 0.224 e. The van der Waals surface area contributed by atoms with Gasteiger partial charge in [-0.15, -0.1) is 0 Å². The molecule has 0 aliphatic heterocycles. The van der Waals surface area contributed by atoms with Crippen LogP contribution in [0.25, 0.3) is 0 Å². The molecule has 0 unspecified atom stereocenters. The molecule has 8 heteroatoms. The van der Waals surface area contributed by atoms with Gasteiger partial charge in [0.25, 0.3) is 0 Å². The first kappa shape index (κ1) is 21.6. The second-order valence-corrected chi connectivity index (χ2v) is 8.24. The van der Waals surface area contributed by atoms with Crippen molar-refractivity contribution in [3.63, 3.8) is 0 Å². The summed E-state index contributed by atoms with van der Waals surface area (Å²) in [6.45, 7) is 4.26. The number of phenolic OH excluding ortho intramolecular Hbond substituents is 1. The second kappa shape index (κ2) is 9.98. The van der Waals surface area contributed by atoms with Crippen molar-refractivity contribution < 1.29 is 27.8 Å². The average Bonchev–Trinajstić information content (AvgIpc) is 2.68. The number of amides is 1. The van der Waals surface area contributed by atoms with E-state index in [0.29, 0.717) is 31.1 Å².